The zero-order valence-electron chi connectivity index (χ0n) is 20.9. The fraction of sp³-hybridized carbons (Fsp3) is 0.188. The lowest BCUT2D eigenvalue weighted by molar-refractivity contribution is -0.141. The lowest BCUT2D eigenvalue weighted by Gasteiger charge is -2.36. The second kappa shape index (κ2) is 13.4. The number of hydrogen-bond acceptors (Lipinski definition) is 4. The molecule has 0 heterocycles. The molecule has 4 aromatic carbocycles. The molecule has 0 unspecified atom stereocenters. The average Bonchev–Trinajstić information content (AvgIpc) is 2.97. The summed E-state index contributed by atoms with van der Waals surface area (Å²) in [6.45, 7) is 0. The Kier molecular flexibility index (Phi) is 9.68. The standard InChI is InChI=1S/C32H31NO3S2/c34-30(25(22-37)21-24-13-5-1-6-14-24)33-29(31(35)36)23-38-32(26-15-7-2-8-16-26,27-17-9-3-10-18-27)28-19-11-4-12-20-28/h1-20,25,29,37H,21-23H2,(H,33,34)(H,35,36)/t25-,29-/m0/s1. The molecule has 38 heavy (non-hydrogen) atoms. The Bertz CT molecular complexity index is 1210. The third-order valence-corrected chi connectivity index (χ3v) is 8.62. The highest BCUT2D eigenvalue weighted by molar-refractivity contribution is 8.00. The molecule has 4 nitrogen and oxygen atoms in total. The lowest BCUT2D eigenvalue weighted by atomic mass is 9.84. The van der Waals surface area contributed by atoms with Gasteiger partial charge in [-0.15, -0.1) is 11.8 Å². The number of aliphatic carboxylic acids is 1. The number of nitrogens with one attached hydrogen (secondary N) is 1. The van der Waals surface area contributed by atoms with E-state index in [9.17, 15) is 14.7 Å². The maximum absolute atomic E-state index is 13.2. The van der Waals surface area contributed by atoms with E-state index in [1.165, 1.54) is 11.8 Å². The molecule has 6 heteroatoms. The van der Waals surface area contributed by atoms with Crippen molar-refractivity contribution in [3.8, 4) is 0 Å². The Morgan fingerprint density at radius 2 is 1.16 bits per heavy atom. The Labute approximate surface area is 233 Å². The van der Waals surface area contributed by atoms with E-state index in [1.807, 2.05) is 84.9 Å². The van der Waals surface area contributed by atoms with Crippen LogP contribution in [0.15, 0.2) is 121 Å². The summed E-state index contributed by atoms with van der Waals surface area (Å²) in [4.78, 5) is 25.6. The Hall–Kier alpha value is -3.48. The molecule has 194 valence electrons. The van der Waals surface area contributed by atoms with Gasteiger partial charge in [0.2, 0.25) is 5.91 Å². The van der Waals surface area contributed by atoms with Crippen molar-refractivity contribution >= 4 is 36.3 Å². The molecule has 0 spiro atoms. The normalized spacial score (nSPS) is 12.9. The van der Waals surface area contributed by atoms with E-state index in [1.54, 1.807) is 0 Å². The first-order valence-corrected chi connectivity index (χ1v) is 14.1. The fourth-order valence-corrected chi connectivity index (χ4v) is 6.43. The zero-order valence-corrected chi connectivity index (χ0v) is 22.7. The van der Waals surface area contributed by atoms with Crippen LogP contribution in [0.3, 0.4) is 0 Å². The van der Waals surface area contributed by atoms with Gasteiger partial charge in [0.05, 0.1) is 10.7 Å². The Morgan fingerprint density at radius 1 is 0.737 bits per heavy atom. The summed E-state index contributed by atoms with van der Waals surface area (Å²) in [5.41, 5.74) is 4.12. The average molecular weight is 542 g/mol. The van der Waals surface area contributed by atoms with Crippen LogP contribution in [0.5, 0.6) is 0 Å². The number of rotatable bonds is 12. The summed E-state index contributed by atoms with van der Waals surface area (Å²) in [5.74, 6) is -1.31. The zero-order chi connectivity index (χ0) is 26.8. The van der Waals surface area contributed by atoms with Gasteiger partial charge in [0.1, 0.15) is 6.04 Å². The van der Waals surface area contributed by atoms with Crippen molar-refractivity contribution in [3.05, 3.63) is 144 Å². The first-order valence-electron chi connectivity index (χ1n) is 12.5. The van der Waals surface area contributed by atoms with E-state index < -0.39 is 22.7 Å². The van der Waals surface area contributed by atoms with Gasteiger partial charge in [-0.3, -0.25) is 4.79 Å². The number of hydrogen-bond donors (Lipinski definition) is 3. The molecular formula is C32H31NO3S2. The highest BCUT2D eigenvalue weighted by atomic mass is 32.2. The maximum atomic E-state index is 13.2. The predicted molar refractivity (Wildman–Crippen MR) is 159 cm³/mol. The van der Waals surface area contributed by atoms with Gasteiger partial charge >= 0.3 is 5.97 Å². The second-order valence-electron chi connectivity index (χ2n) is 9.06. The highest BCUT2D eigenvalue weighted by Crippen LogP contribution is 2.48. The number of benzene rings is 4. The second-order valence-corrected chi connectivity index (χ2v) is 10.7. The third kappa shape index (κ3) is 6.50. The monoisotopic (exact) mass is 541 g/mol. The lowest BCUT2D eigenvalue weighted by Crippen LogP contribution is -2.46. The number of carboxylic acids is 1. The molecule has 0 saturated heterocycles. The minimum absolute atomic E-state index is 0.171. The van der Waals surface area contributed by atoms with E-state index in [2.05, 4.69) is 54.3 Å². The number of amides is 1. The number of thioether (sulfide) groups is 1. The summed E-state index contributed by atoms with van der Waals surface area (Å²) in [6.07, 6.45) is 0.498. The minimum atomic E-state index is -1.07. The van der Waals surface area contributed by atoms with Crippen molar-refractivity contribution in [2.75, 3.05) is 11.5 Å². The van der Waals surface area contributed by atoms with E-state index >= 15 is 0 Å². The molecule has 0 radical (unpaired) electrons. The minimum Gasteiger partial charge on any atom is -0.480 e. The summed E-state index contributed by atoms with van der Waals surface area (Å²) < 4.78 is -0.671. The summed E-state index contributed by atoms with van der Waals surface area (Å²) >= 11 is 5.90. The maximum Gasteiger partial charge on any atom is 0.327 e. The van der Waals surface area contributed by atoms with Crippen LogP contribution in [0.2, 0.25) is 0 Å². The van der Waals surface area contributed by atoms with Gasteiger partial charge in [-0.1, -0.05) is 121 Å². The molecule has 4 rings (SSSR count). The van der Waals surface area contributed by atoms with Crippen LogP contribution >= 0.6 is 24.4 Å². The van der Waals surface area contributed by atoms with E-state index in [-0.39, 0.29) is 11.7 Å². The third-order valence-electron chi connectivity index (χ3n) is 6.54. The van der Waals surface area contributed by atoms with Crippen molar-refractivity contribution in [3.63, 3.8) is 0 Å². The van der Waals surface area contributed by atoms with Gasteiger partial charge in [0, 0.05) is 11.5 Å². The molecule has 4 aromatic rings. The number of carbonyl (C=O) groups is 2. The van der Waals surface area contributed by atoms with E-state index in [4.69, 9.17) is 0 Å². The predicted octanol–water partition coefficient (Wildman–Crippen LogP) is 6.07. The SMILES string of the molecule is O=C(N[C@@H](CSC(c1ccccc1)(c1ccccc1)c1ccccc1)C(=O)O)[C@H](CS)Cc1ccccc1. The van der Waals surface area contributed by atoms with Crippen LogP contribution < -0.4 is 5.32 Å². The molecule has 1 amide bonds. The molecule has 0 saturated carbocycles. The molecule has 0 aliphatic carbocycles. The fourth-order valence-electron chi connectivity index (χ4n) is 4.58. The quantitative estimate of drug-likeness (QED) is 0.150. The van der Waals surface area contributed by atoms with Gasteiger partial charge in [-0.05, 0) is 28.7 Å². The van der Waals surface area contributed by atoms with Crippen LogP contribution in [0.1, 0.15) is 22.3 Å². The van der Waals surface area contributed by atoms with Crippen LogP contribution in [0.25, 0.3) is 0 Å². The highest BCUT2D eigenvalue weighted by Gasteiger charge is 2.38. The van der Waals surface area contributed by atoms with Gasteiger partial charge in [0.25, 0.3) is 0 Å². The molecule has 2 atom stereocenters. The number of thiol groups is 1. The van der Waals surface area contributed by atoms with Crippen LogP contribution in [-0.4, -0.2) is 34.5 Å². The molecule has 0 aromatic heterocycles. The Balaban J connectivity index is 1.64. The molecule has 0 aliphatic heterocycles. The van der Waals surface area contributed by atoms with Gasteiger partial charge in [-0.2, -0.15) is 12.6 Å². The summed E-state index contributed by atoms with van der Waals surface area (Å²) in [5, 5.41) is 12.9. The Morgan fingerprint density at radius 3 is 1.55 bits per heavy atom. The summed E-state index contributed by atoms with van der Waals surface area (Å²) in [7, 11) is 0. The van der Waals surface area contributed by atoms with Crippen LogP contribution in [0.4, 0.5) is 0 Å². The van der Waals surface area contributed by atoms with Gasteiger partial charge in [-0.25, -0.2) is 4.79 Å². The van der Waals surface area contributed by atoms with Gasteiger partial charge in [0.15, 0.2) is 0 Å². The van der Waals surface area contributed by atoms with Crippen LogP contribution in [0, 0.1) is 5.92 Å². The van der Waals surface area contributed by atoms with Crippen molar-refractivity contribution < 1.29 is 14.7 Å². The molecular weight excluding hydrogens is 510 g/mol. The summed E-state index contributed by atoms with van der Waals surface area (Å²) in [6, 6.07) is 38.9. The van der Waals surface area contributed by atoms with E-state index in [0.717, 1.165) is 22.3 Å². The first kappa shape index (κ1) is 27.6. The van der Waals surface area contributed by atoms with Crippen molar-refractivity contribution in [2.24, 2.45) is 5.92 Å². The van der Waals surface area contributed by atoms with Crippen molar-refractivity contribution in [2.45, 2.75) is 17.2 Å². The largest absolute Gasteiger partial charge is 0.480 e. The molecule has 0 bridgehead atoms. The molecule has 0 aliphatic rings. The first-order chi connectivity index (χ1) is 18.5. The van der Waals surface area contributed by atoms with Crippen molar-refractivity contribution in [1.82, 2.24) is 5.32 Å². The molecule has 2 N–H and O–H groups in total. The van der Waals surface area contributed by atoms with E-state index in [0.29, 0.717) is 12.2 Å². The van der Waals surface area contributed by atoms with Gasteiger partial charge < -0.3 is 10.4 Å². The van der Waals surface area contributed by atoms with Crippen LogP contribution in [-0.2, 0) is 20.8 Å². The van der Waals surface area contributed by atoms with Crippen molar-refractivity contribution in [1.29, 1.82) is 0 Å². The number of carbonyl (C=O) groups excluding carboxylic acids is 1. The topological polar surface area (TPSA) is 66.4 Å². The molecule has 0 fully saturated rings. The number of carboxylic acid groups (broad SMARTS) is 1. The smallest absolute Gasteiger partial charge is 0.327 e.